The maximum atomic E-state index is 14.0. The third kappa shape index (κ3) is 8.10. The second-order valence-corrected chi connectivity index (χ2v) is 16.3. The van der Waals surface area contributed by atoms with Crippen molar-refractivity contribution in [2.24, 2.45) is 0 Å². The van der Waals surface area contributed by atoms with Gasteiger partial charge in [-0.3, -0.25) is 9.10 Å². The van der Waals surface area contributed by atoms with Gasteiger partial charge in [0.2, 0.25) is 10.0 Å². The zero-order valence-corrected chi connectivity index (χ0v) is 31.7. The molecule has 3 aromatic carbocycles. The number of hydrogen-bond donors (Lipinski definition) is 1. The van der Waals surface area contributed by atoms with Crippen LogP contribution in [-0.2, 0) is 42.0 Å². The number of benzene rings is 3. The molecule has 290 valence electrons. The van der Waals surface area contributed by atoms with Crippen LogP contribution < -0.4 is 19.8 Å². The zero-order valence-electron chi connectivity index (χ0n) is 30.9. The number of rotatable bonds is 13. The molecule has 4 aromatic rings. The van der Waals surface area contributed by atoms with Crippen LogP contribution in [0.25, 0.3) is 22.3 Å². The van der Waals surface area contributed by atoms with E-state index in [-0.39, 0.29) is 58.5 Å². The van der Waals surface area contributed by atoms with Crippen LogP contribution in [0.1, 0.15) is 73.5 Å². The van der Waals surface area contributed by atoms with E-state index in [0.717, 1.165) is 29.5 Å². The van der Waals surface area contributed by atoms with Crippen LogP contribution in [-0.4, -0.2) is 66.2 Å². The van der Waals surface area contributed by atoms with Gasteiger partial charge < -0.3 is 33.3 Å². The smallest absolute Gasteiger partial charge is 0.455 e. The number of alkyl halides is 3. The highest BCUT2D eigenvalue weighted by molar-refractivity contribution is 7.92. The molecule has 2 fully saturated rings. The van der Waals surface area contributed by atoms with E-state index >= 15 is 0 Å². The minimum absolute atomic E-state index is 0.0664. The number of carbonyl (C=O) groups is 1. The molecule has 1 aliphatic heterocycles. The Labute approximate surface area is 311 Å². The molecule has 0 spiro atoms. The highest BCUT2D eigenvalue weighted by Crippen LogP contribution is 2.48. The molecule has 11 nitrogen and oxygen atoms in total. The summed E-state index contributed by atoms with van der Waals surface area (Å²) in [7, 11) is -2.57. The number of ether oxygens (including phenoxy) is 3. The normalized spacial score (nSPS) is 16.9. The summed E-state index contributed by atoms with van der Waals surface area (Å²) in [5.74, 6) is -1.51. The van der Waals surface area contributed by atoms with E-state index < -0.39 is 58.7 Å². The number of anilines is 1. The second-order valence-electron chi connectivity index (χ2n) is 14.4. The average molecular weight is 777 g/mol. The lowest BCUT2D eigenvalue weighted by Crippen LogP contribution is -2.41. The van der Waals surface area contributed by atoms with Crippen molar-refractivity contribution in [2.75, 3.05) is 31.5 Å². The van der Waals surface area contributed by atoms with E-state index in [1.54, 1.807) is 33.8 Å². The first-order valence-corrected chi connectivity index (χ1v) is 19.0. The molecule has 2 aliphatic rings. The minimum atomic E-state index is -5.13. The summed E-state index contributed by atoms with van der Waals surface area (Å²) in [6.07, 6.45) is -2.67. The Morgan fingerprint density at radius 1 is 1.04 bits per heavy atom. The number of amides is 1. The minimum Gasteiger partial charge on any atom is -0.455 e. The van der Waals surface area contributed by atoms with Crippen molar-refractivity contribution in [1.82, 2.24) is 5.32 Å². The van der Waals surface area contributed by atoms with Crippen LogP contribution in [0.5, 0.6) is 5.75 Å². The molecule has 0 unspecified atom stereocenters. The van der Waals surface area contributed by atoms with Crippen LogP contribution in [0, 0.1) is 5.82 Å². The van der Waals surface area contributed by atoms with Gasteiger partial charge in [-0.1, -0.05) is 6.07 Å². The number of nitrogens with zero attached hydrogens (tertiary/aromatic N) is 1. The monoisotopic (exact) mass is 776 g/mol. The van der Waals surface area contributed by atoms with Gasteiger partial charge in [-0.2, -0.15) is 0 Å². The summed E-state index contributed by atoms with van der Waals surface area (Å²) < 4.78 is 118. The number of nitrogens with one attached hydrogen (secondary N) is 1. The summed E-state index contributed by atoms with van der Waals surface area (Å²) in [4.78, 5) is 13.2. The van der Waals surface area contributed by atoms with E-state index in [9.17, 15) is 30.8 Å². The van der Waals surface area contributed by atoms with Crippen LogP contribution >= 0.6 is 0 Å². The van der Waals surface area contributed by atoms with Gasteiger partial charge in [-0.05, 0) is 99.5 Å². The quantitative estimate of drug-likeness (QED) is 0.0679. The Bertz CT molecular complexity index is 2150. The molecular formula is C37H41BF4N2O9S. The number of sulfonamides is 1. The zero-order chi connectivity index (χ0) is 39.4. The first-order chi connectivity index (χ1) is 25.2. The lowest BCUT2D eigenvalue weighted by atomic mass is 9.74. The summed E-state index contributed by atoms with van der Waals surface area (Å²) >= 11 is 0. The van der Waals surface area contributed by atoms with Gasteiger partial charge in [-0.25, -0.2) is 12.8 Å². The third-order valence-corrected chi connectivity index (χ3v) is 11.0. The Balaban J connectivity index is 1.52. The summed E-state index contributed by atoms with van der Waals surface area (Å²) in [6, 6.07) is 11.3. The van der Waals surface area contributed by atoms with Gasteiger partial charge in [0.05, 0.1) is 41.9 Å². The first kappa shape index (κ1) is 39.5. The molecule has 0 radical (unpaired) electrons. The highest BCUT2D eigenvalue weighted by Gasteiger charge is 2.53. The summed E-state index contributed by atoms with van der Waals surface area (Å²) in [5.41, 5.74) is 0.0379. The fourth-order valence-electron chi connectivity index (χ4n) is 6.42. The molecular weight excluding hydrogens is 735 g/mol. The maximum Gasteiger partial charge on any atom is 0.573 e. The van der Waals surface area contributed by atoms with Crippen LogP contribution in [0.15, 0.2) is 52.9 Å². The molecule has 1 saturated carbocycles. The van der Waals surface area contributed by atoms with Gasteiger partial charge in [0.1, 0.15) is 29.7 Å². The fraction of sp³-hybridized carbons (Fsp3) is 0.432. The summed E-state index contributed by atoms with van der Waals surface area (Å²) in [6.45, 7) is 6.15. The van der Waals surface area contributed by atoms with Gasteiger partial charge in [-0.15, -0.1) is 13.2 Å². The average Bonchev–Trinajstić information content (AvgIpc) is 3.80. The van der Waals surface area contributed by atoms with Crippen molar-refractivity contribution in [3.63, 3.8) is 0 Å². The Hall–Kier alpha value is -4.16. The molecule has 2 heterocycles. The standard InChI is InChI=1S/C37H41BF4N2O9S/c1-35(2)36(3,4)53-38(52-35)32-24(19-49-20-48-6)14-21(15-30(32)51-37(40,41)42)18-44(54(7,46)47)28-17-29-27(16-26(28)22-8-9-22)31(34(45)43-5)33(50-29)23-10-12-25(39)13-11-23/h10-17,22H,8-9,18-20H2,1-7H3,(H,43,45). The SMILES string of the molecule is CNC(=O)c1c(-c2ccc(F)cc2)oc2cc(N(Cc3cc(COCOC)c(B4OC(C)(C)C(C)(C)O4)c(OC(F)(F)F)c3)S(C)(=O)=O)c(C3CC3)cc12. The molecule has 6 rings (SSSR count). The van der Waals surface area contributed by atoms with E-state index in [2.05, 4.69) is 10.1 Å². The van der Waals surface area contributed by atoms with Crippen LogP contribution in [0.2, 0.25) is 0 Å². The Morgan fingerprint density at radius 3 is 2.24 bits per heavy atom. The molecule has 17 heteroatoms. The van der Waals surface area contributed by atoms with E-state index in [0.29, 0.717) is 16.5 Å². The number of carbonyl (C=O) groups excluding carboxylic acids is 1. The predicted octanol–water partition coefficient (Wildman–Crippen LogP) is 6.76. The largest absolute Gasteiger partial charge is 0.573 e. The van der Waals surface area contributed by atoms with Gasteiger partial charge in [0, 0.05) is 36.6 Å². The van der Waals surface area contributed by atoms with Crippen molar-refractivity contribution in [2.45, 2.75) is 77.2 Å². The molecule has 0 bridgehead atoms. The fourth-order valence-corrected chi connectivity index (χ4v) is 7.32. The number of furan rings is 1. The van der Waals surface area contributed by atoms with Crippen molar-refractivity contribution in [3.05, 3.63) is 76.6 Å². The highest BCUT2D eigenvalue weighted by atomic mass is 32.2. The lowest BCUT2D eigenvalue weighted by molar-refractivity contribution is -0.274. The van der Waals surface area contributed by atoms with Crippen molar-refractivity contribution in [1.29, 1.82) is 0 Å². The maximum absolute atomic E-state index is 14.0. The van der Waals surface area contributed by atoms with Crippen molar-refractivity contribution < 1.29 is 58.7 Å². The molecule has 1 saturated heterocycles. The number of halogens is 4. The van der Waals surface area contributed by atoms with Gasteiger partial charge in [0.15, 0.2) is 0 Å². The van der Waals surface area contributed by atoms with Gasteiger partial charge in [0.25, 0.3) is 5.91 Å². The summed E-state index contributed by atoms with van der Waals surface area (Å²) in [5, 5.41) is 3.03. The first-order valence-electron chi connectivity index (χ1n) is 17.1. The van der Waals surface area contributed by atoms with E-state index in [1.807, 2.05) is 0 Å². The second kappa shape index (κ2) is 14.5. The van der Waals surface area contributed by atoms with Crippen molar-refractivity contribution in [3.8, 4) is 17.1 Å². The van der Waals surface area contributed by atoms with E-state index in [1.165, 1.54) is 50.6 Å². The van der Waals surface area contributed by atoms with Crippen molar-refractivity contribution >= 4 is 45.2 Å². The molecule has 0 atom stereocenters. The molecule has 54 heavy (non-hydrogen) atoms. The third-order valence-electron chi connectivity index (χ3n) is 9.87. The number of hydrogen-bond acceptors (Lipinski definition) is 9. The predicted molar refractivity (Wildman–Crippen MR) is 194 cm³/mol. The van der Waals surface area contributed by atoms with Crippen LogP contribution in [0.4, 0.5) is 23.2 Å². The molecule has 1 amide bonds. The Morgan fingerprint density at radius 2 is 1.69 bits per heavy atom. The lowest BCUT2D eigenvalue weighted by Gasteiger charge is -2.32. The number of methoxy groups -OCH3 is 1. The molecule has 1 aromatic heterocycles. The Kier molecular flexibility index (Phi) is 10.6. The number of fused-ring (bicyclic) bond motifs is 1. The topological polar surface area (TPSA) is 126 Å². The molecule has 1 aliphatic carbocycles. The van der Waals surface area contributed by atoms with Gasteiger partial charge >= 0.3 is 13.5 Å². The molecule has 1 N–H and O–H groups in total. The van der Waals surface area contributed by atoms with Crippen LogP contribution in [0.3, 0.4) is 0 Å². The van der Waals surface area contributed by atoms with E-state index in [4.69, 9.17) is 23.2 Å².